The third kappa shape index (κ3) is 4.18. The molecule has 10 nitrogen and oxygen atoms in total. The molecule has 0 saturated carbocycles. The summed E-state index contributed by atoms with van der Waals surface area (Å²) in [6.07, 6.45) is -2.85. The molecular weight excluding hydrogens is 451 g/mol. The largest absolute Gasteiger partial charge is 0.439 e. The van der Waals surface area contributed by atoms with Crippen LogP contribution in [0.5, 0.6) is 11.6 Å². The molecule has 0 amide bonds. The van der Waals surface area contributed by atoms with Gasteiger partial charge < -0.3 is 21.5 Å². The average Bonchev–Trinajstić information content (AvgIpc) is 2.79. The van der Waals surface area contributed by atoms with Crippen LogP contribution in [-0.2, 0) is 6.18 Å². The van der Waals surface area contributed by atoms with Crippen molar-refractivity contribution < 1.29 is 17.9 Å². The van der Waals surface area contributed by atoms with Crippen molar-refractivity contribution >= 4 is 23.3 Å². The van der Waals surface area contributed by atoms with Crippen molar-refractivity contribution in [2.45, 2.75) is 12.2 Å². The number of rotatable bonds is 3. The van der Waals surface area contributed by atoms with Crippen LogP contribution in [0.4, 0.5) is 30.5 Å². The smallest absolute Gasteiger partial charge is 0.433 e. The Bertz CT molecular complexity index is 1370. The normalized spacial score (nSPS) is 14.6. The molecule has 34 heavy (non-hydrogen) atoms. The number of nitriles is 2. The average molecular weight is 465 g/mol. The van der Waals surface area contributed by atoms with Gasteiger partial charge in [-0.05, 0) is 23.8 Å². The Morgan fingerprint density at radius 3 is 2.44 bits per heavy atom. The fourth-order valence-electron chi connectivity index (χ4n) is 3.29. The van der Waals surface area contributed by atoms with Crippen LogP contribution in [0.2, 0.25) is 0 Å². The van der Waals surface area contributed by atoms with E-state index in [-0.39, 0.29) is 40.5 Å². The Hall–Kier alpha value is -5.04. The van der Waals surface area contributed by atoms with Gasteiger partial charge in [0, 0.05) is 11.6 Å². The van der Waals surface area contributed by atoms with Crippen molar-refractivity contribution in [3.8, 4) is 23.9 Å². The van der Waals surface area contributed by atoms with Gasteiger partial charge >= 0.3 is 6.18 Å². The first-order valence-electron chi connectivity index (χ1n) is 9.52. The van der Waals surface area contributed by atoms with Gasteiger partial charge in [0.15, 0.2) is 6.19 Å². The quantitative estimate of drug-likeness (QED) is 0.335. The van der Waals surface area contributed by atoms with Gasteiger partial charge in [0.2, 0.25) is 11.8 Å². The molecule has 170 valence electrons. The Kier molecular flexibility index (Phi) is 5.53. The van der Waals surface area contributed by atoms with E-state index in [0.29, 0.717) is 11.1 Å². The Labute approximate surface area is 190 Å². The number of nitrogen functional groups attached to an aromatic ring is 2. The second-order valence-corrected chi connectivity index (χ2v) is 6.93. The standard InChI is InChI=1S/C21H14F3N9O/c22-21(23,24)13-2-1-3-14(30-13)34-11-6-4-10(5-7-11)17-15-16(27)12(8-25)18(28)32-19(15)33-20(31-17)29-9-26/h1-7,17H,(H6,27,28,29,31,32,33). The summed E-state index contributed by atoms with van der Waals surface area (Å²) in [6.45, 7) is 0. The molecular formula is C21H14F3N9O. The summed E-state index contributed by atoms with van der Waals surface area (Å²) in [5.41, 5.74) is 12.0. The maximum Gasteiger partial charge on any atom is 0.433 e. The first-order valence-corrected chi connectivity index (χ1v) is 9.52. The lowest BCUT2D eigenvalue weighted by Gasteiger charge is -2.26. The van der Waals surface area contributed by atoms with Crippen LogP contribution >= 0.6 is 0 Å². The molecule has 2 aromatic heterocycles. The van der Waals surface area contributed by atoms with E-state index in [9.17, 15) is 18.4 Å². The second-order valence-electron chi connectivity index (χ2n) is 6.93. The topological polar surface area (TPSA) is 171 Å². The Balaban J connectivity index is 1.69. The van der Waals surface area contributed by atoms with Gasteiger partial charge in [-0.25, -0.2) is 15.0 Å². The highest BCUT2D eigenvalue weighted by molar-refractivity contribution is 5.98. The number of nitrogens with one attached hydrogen (secondary N) is 2. The van der Waals surface area contributed by atoms with Crippen LogP contribution in [0.3, 0.4) is 0 Å². The van der Waals surface area contributed by atoms with Crippen molar-refractivity contribution in [3.63, 3.8) is 0 Å². The van der Waals surface area contributed by atoms with Crippen LogP contribution in [0.15, 0.2) is 47.5 Å². The number of aromatic nitrogens is 2. The molecule has 6 N–H and O–H groups in total. The zero-order valence-electron chi connectivity index (χ0n) is 17.1. The fourth-order valence-corrected chi connectivity index (χ4v) is 3.29. The molecule has 4 rings (SSSR count). The predicted octanol–water partition coefficient (Wildman–Crippen LogP) is 3.27. The van der Waals surface area contributed by atoms with Gasteiger partial charge in [0.05, 0.1) is 5.69 Å². The molecule has 3 aromatic rings. The van der Waals surface area contributed by atoms with E-state index in [0.717, 1.165) is 6.07 Å². The van der Waals surface area contributed by atoms with Gasteiger partial charge in [-0.15, -0.1) is 0 Å². The number of ether oxygens (including phenoxy) is 1. The number of anilines is 3. The lowest BCUT2D eigenvalue weighted by molar-refractivity contribution is -0.141. The van der Waals surface area contributed by atoms with Crippen molar-refractivity contribution in [2.24, 2.45) is 4.99 Å². The number of halogens is 3. The van der Waals surface area contributed by atoms with Crippen molar-refractivity contribution in [3.05, 3.63) is 64.8 Å². The zero-order valence-corrected chi connectivity index (χ0v) is 17.1. The summed E-state index contributed by atoms with van der Waals surface area (Å²) in [4.78, 5) is 12.1. The predicted molar refractivity (Wildman–Crippen MR) is 115 cm³/mol. The van der Waals surface area contributed by atoms with Crippen molar-refractivity contribution in [1.29, 1.82) is 10.5 Å². The summed E-state index contributed by atoms with van der Waals surface area (Å²) >= 11 is 0. The van der Waals surface area contributed by atoms with Gasteiger partial charge in [-0.2, -0.15) is 23.7 Å². The van der Waals surface area contributed by atoms with E-state index in [1.54, 1.807) is 18.3 Å². The number of pyridine rings is 2. The van der Waals surface area contributed by atoms with E-state index >= 15 is 0 Å². The summed E-state index contributed by atoms with van der Waals surface area (Å²) in [5, 5.41) is 23.5. The van der Waals surface area contributed by atoms with Gasteiger partial charge in [-0.1, -0.05) is 18.2 Å². The Morgan fingerprint density at radius 2 is 1.79 bits per heavy atom. The molecule has 1 unspecified atom stereocenters. The van der Waals surface area contributed by atoms with E-state index in [1.165, 1.54) is 24.3 Å². The monoisotopic (exact) mass is 465 g/mol. The number of alkyl halides is 3. The van der Waals surface area contributed by atoms with Crippen LogP contribution in [0.25, 0.3) is 0 Å². The molecule has 0 spiro atoms. The third-order valence-electron chi connectivity index (χ3n) is 4.79. The first kappa shape index (κ1) is 22.2. The van der Waals surface area contributed by atoms with E-state index in [1.807, 2.05) is 6.07 Å². The van der Waals surface area contributed by atoms with Crippen LogP contribution in [0.1, 0.15) is 28.4 Å². The minimum Gasteiger partial charge on any atom is -0.439 e. The number of aliphatic imine (C=N–C) groups is 1. The molecule has 1 aliphatic rings. The molecule has 0 aliphatic carbocycles. The number of guanidine groups is 1. The summed E-state index contributed by atoms with van der Waals surface area (Å²) < 4.78 is 44.1. The summed E-state index contributed by atoms with van der Waals surface area (Å²) in [7, 11) is 0. The molecule has 13 heteroatoms. The number of nitrogens with two attached hydrogens (primary N) is 2. The number of nitrogens with zero attached hydrogens (tertiary/aromatic N) is 5. The zero-order chi connectivity index (χ0) is 24.5. The first-order chi connectivity index (χ1) is 16.2. The van der Waals surface area contributed by atoms with Crippen LogP contribution in [0, 0.1) is 22.8 Å². The SMILES string of the molecule is N#CNC1=NC(c2ccc(Oc3cccc(C(F)(F)F)n3)cc2)c2c(nc(N)c(C#N)c2N)N1. The minimum atomic E-state index is -4.60. The molecule has 0 radical (unpaired) electrons. The lowest BCUT2D eigenvalue weighted by Crippen LogP contribution is -2.32. The van der Waals surface area contributed by atoms with Crippen molar-refractivity contribution in [1.82, 2.24) is 15.3 Å². The van der Waals surface area contributed by atoms with E-state index in [4.69, 9.17) is 21.5 Å². The van der Waals surface area contributed by atoms with Gasteiger partial charge in [0.25, 0.3) is 0 Å². The highest BCUT2D eigenvalue weighted by Gasteiger charge is 2.33. The van der Waals surface area contributed by atoms with E-state index < -0.39 is 17.9 Å². The fraction of sp³-hybridized carbons (Fsp3) is 0.0952. The number of fused-ring (bicyclic) bond motifs is 1. The highest BCUT2D eigenvalue weighted by atomic mass is 19.4. The second kappa shape index (κ2) is 8.48. The molecule has 1 aromatic carbocycles. The summed E-state index contributed by atoms with van der Waals surface area (Å²) in [5.74, 6) is 0.228. The van der Waals surface area contributed by atoms with Gasteiger partial charge in [-0.3, -0.25) is 5.32 Å². The number of hydrogen-bond donors (Lipinski definition) is 4. The molecule has 0 saturated heterocycles. The summed E-state index contributed by atoms with van der Waals surface area (Å²) in [6, 6.07) is 10.7. The van der Waals surface area contributed by atoms with Crippen LogP contribution < -0.4 is 26.8 Å². The maximum absolute atomic E-state index is 12.9. The molecule has 3 heterocycles. The van der Waals surface area contributed by atoms with Crippen molar-refractivity contribution in [2.75, 3.05) is 16.8 Å². The molecule has 0 fully saturated rings. The van der Waals surface area contributed by atoms with Gasteiger partial charge in [0.1, 0.15) is 40.8 Å². The minimum absolute atomic E-state index is 0.00647. The molecule has 1 atom stereocenters. The molecule has 0 bridgehead atoms. The number of benzene rings is 1. The Morgan fingerprint density at radius 1 is 1.06 bits per heavy atom. The molecule has 1 aliphatic heterocycles. The number of hydrogen-bond acceptors (Lipinski definition) is 10. The van der Waals surface area contributed by atoms with Crippen LogP contribution in [-0.4, -0.2) is 15.9 Å². The maximum atomic E-state index is 12.9. The lowest BCUT2D eigenvalue weighted by atomic mass is 9.95. The highest BCUT2D eigenvalue weighted by Crippen LogP contribution is 2.41. The van der Waals surface area contributed by atoms with E-state index in [2.05, 4.69) is 25.6 Å². The third-order valence-corrected chi connectivity index (χ3v) is 4.79.